The third-order valence-corrected chi connectivity index (χ3v) is 3.44. The van der Waals surface area contributed by atoms with Gasteiger partial charge in [0.15, 0.2) is 0 Å². The average molecular weight is 276 g/mol. The van der Waals surface area contributed by atoms with Crippen LogP contribution in [0.15, 0.2) is 18.2 Å². The number of aliphatic hydroxyl groups is 1. The SMILES string of the molecule is NC(=O)C1CCN(Cc2ccc(F)cc2C#CCO)C1. The van der Waals surface area contributed by atoms with Crippen molar-refractivity contribution in [2.45, 2.75) is 13.0 Å². The van der Waals surface area contributed by atoms with Crippen molar-refractivity contribution >= 4 is 5.91 Å². The van der Waals surface area contributed by atoms with Crippen molar-refractivity contribution in [3.8, 4) is 11.8 Å². The first kappa shape index (κ1) is 14.5. The van der Waals surface area contributed by atoms with Gasteiger partial charge >= 0.3 is 0 Å². The maximum atomic E-state index is 13.3. The van der Waals surface area contributed by atoms with Crippen molar-refractivity contribution in [1.82, 2.24) is 4.90 Å². The summed E-state index contributed by atoms with van der Waals surface area (Å²) >= 11 is 0. The summed E-state index contributed by atoms with van der Waals surface area (Å²) in [6, 6.07) is 4.44. The van der Waals surface area contributed by atoms with E-state index in [2.05, 4.69) is 16.7 Å². The summed E-state index contributed by atoms with van der Waals surface area (Å²) < 4.78 is 13.3. The molecule has 20 heavy (non-hydrogen) atoms. The van der Waals surface area contributed by atoms with Gasteiger partial charge in [0.2, 0.25) is 5.91 Å². The van der Waals surface area contributed by atoms with Crippen LogP contribution < -0.4 is 5.73 Å². The number of nitrogens with two attached hydrogens (primary N) is 1. The highest BCUT2D eigenvalue weighted by Gasteiger charge is 2.26. The van der Waals surface area contributed by atoms with Crippen LogP contribution in [-0.2, 0) is 11.3 Å². The van der Waals surface area contributed by atoms with Gasteiger partial charge < -0.3 is 10.8 Å². The summed E-state index contributed by atoms with van der Waals surface area (Å²) in [6.07, 6.45) is 0.758. The van der Waals surface area contributed by atoms with Gasteiger partial charge in [-0.3, -0.25) is 9.69 Å². The lowest BCUT2D eigenvalue weighted by molar-refractivity contribution is -0.121. The Morgan fingerprint density at radius 2 is 2.35 bits per heavy atom. The average Bonchev–Trinajstić information content (AvgIpc) is 2.88. The number of benzene rings is 1. The van der Waals surface area contributed by atoms with E-state index in [4.69, 9.17) is 10.8 Å². The van der Waals surface area contributed by atoms with E-state index in [0.29, 0.717) is 18.7 Å². The quantitative estimate of drug-likeness (QED) is 0.789. The van der Waals surface area contributed by atoms with Crippen LogP contribution in [0.5, 0.6) is 0 Å². The minimum atomic E-state index is -0.354. The summed E-state index contributed by atoms with van der Waals surface area (Å²) in [7, 11) is 0. The number of likely N-dealkylation sites (tertiary alicyclic amines) is 1. The highest BCUT2D eigenvalue weighted by molar-refractivity contribution is 5.77. The standard InChI is InChI=1S/C15H17FN2O2/c16-14-4-3-12(11(8-14)2-1-7-19)9-18-6-5-13(10-18)15(17)20/h3-4,8,13,19H,5-7,9-10H2,(H2,17,20). The van der Waals surface area contributed by atoms with Crippen LogP contribution in [0, 0.1) is 23.6 Å². The van der Waals surface area contributed by atoms with Gasteiger partial charge in [-0.1, -0.05) is 17.9 Å². The number of halogens is 1. The summed E-state index contributed by atoms with van der Waals surface area (Å²) in [4.78, 5) is 13.3. The fourth-order valence-electron chi connectivity index (χ4n) is 2.39. The van der Waals surface area contributed by atoms with Crippen molar-refractivity contribution < 1.29 is 14.3 Å². The molecule has 3 N–H and O–H groups in total. The molecule has 0 saturated carbocycles. The fraction of sp³-hybridized carbons (Fsp3) is 0.400. The molecular formula is C15H17FN2O2. The molecule has 106 valence electrons. The minimum absolute atomic E-state index is 0.109. The summed E-state index contributed by atoms with van der Waals surface area (Å²) in [5.74, 6) is 4.55. The van der Waals surface area contributed by atoms with E-state index >= 15 is 0 Å². The molecule has 0 radical (unpaired) electrons. The molecule has 1 amide bonds. The summed E-state index contributed by atoms with van der Waals surface area (Å²) in [5.41, 5.74) is 6.76. The molecule has 0 aliphatic carbocycles. The molecule has 1 aliphatic heterocycles. The van der Waals surface area contributed by atoms with E-state index < -0.39 is 0 Å². The Labute approximate surface area is 117 Å². The highest BCUT2D eigenvalue weighted by atomic mass is 19.1. The van der Waals surface area contributed by atoms with Crippen LogP contribution in [0.1, 0.15) is 17.5 Å². The second-order valence-electron chi connectivity index (χ2n) is 4.88. The Hall–Kier alpha value is -1.90. The van der Waals surface area contributed by atoms with E-state index in [0.717, 1.165) is 18.5 Å². The zero-order valence-corrected chi connectivity index (χ0v) is 11.1. The van der Waals surface area contributed by atoms with Crippen molar-refractivity contribution in [2.75, 3.05) is 19.7 Å². The van der Waals surface area contributed by atoms with Crippen molar-refractivity contribution in [3.63, 3.8) is 0 Å². The molecule has 0 bridgehead atoms. The van der Waals surface area contributed by atoms with Crippen molar-refractivity contribution in [3.05, 3.63) is 35.1 Å². The number of primary amides is 1. The maximum Gasteiger partial charge on any atom is 0.221 e. The largest absolute Gasteiger partial charge is 0.384 e. The van der Waals surface area contributed by atoms with Crippen LogP contribution in [0.25, 0.3) is 0 Å². The predicted octanol–water partition coefficient (Wildman–Crippen LogP) is 0.477. The zero-order valence-electron chi connectivity index (χ0n) is 11.1. The number of nitrogens with zero attached hydrogens (tertiary/aromatic N) is 1. The van der Waals surface area contributed by atoms with Crippen LogP contribution >= 0.6 is 0 Å². The second kappa shape index (κ2) is 6.51. The van der Waals surface area contributed by atoms with Gasteiger partial charge in [0.25, 0.3) is 0 Å². The lowest BCUT2D eigenvalue weighted by Gasteiger charge is -2.16. The molecule has 0 spiro atoms. The molecule has 1 atom stereocenters. The van der Waals surface area contributed by atoms with Crippen molar-refractivity contribution in [1.29, 1.82) is 0 Å². The Bertz CT molecular complexity index is 563. The molecule has 4 nitrogen and oxygen atoms in total. The Morgan fingerprint density at radius 1 is 1.55 bits per heavy atom. The number of hydrogen-bond donors (Lipinski definition) is 2. The lowest BCUT2D eigenvalue weighted by Crippen LogP contribution is -2.27. The second-order valence-corrected chi connectivity index (χ2v) is 4.88. The molecule has 1 unspecified atom stereocenters. The first-order chi connectivity index (χ1) is 9.60. The molecule has 1 aromatic carbocycles. The molecule has 2 rings (SSSR count). The first-order valence-corrected chi connectivity index (χ1v) is 6.50. The van der Waals surface area contributed by atoms with Gasteiger partial charge in [-0.2, -0.15) is 0 Å². The molecule has 5 heteroatoms. The van der Waals surface area contributed by atoms with E-state index in [9.17, 15) is 9.18 Å². The van der Waals surface area contributed by atoms with E-state index in [-0.39, 0.29) is 24.2 Å². The van der Waals surface area contributed by atoms with Gasteiger partial charge in [0, 0.05) is 18.7 Å². The smallest absolute Gasteiger partial charge is 0.221 e. The van der Waals surface area contributed by atoms with E-state index in [1.54, 1.807) is 6.07 Å². The number of rotatable bonds is 3. The van der Waals surface area contributed by atoms with Crippen LogP contribution in [0.2, 0.25) is 0 Å². The number of hydrogen-bond acceptors (Lipinski definition) is 3. The van der Waals surface area contributed by atoms with Gasteiger partial charge in [-0.05, 0) is 30.7 Å². The van der Waals surface area contributed by atoms with E-state index in [1.165, 1.54) is 12.1 Å². The molecule has 1 heterocycles. The third-order valence-electron chi connectivity index (χ3n) is 3.44. The topological polar surface area (TPSA) is 66.6 Å². The minimum Gasteiger partial charge on any atom is -0.384 e. The van der Waals surface area contributed by atoms with E-state index in [1.807, 2.05) is 0 Å². The Morgan fingerprint density at radius 3 is 3.00 bits per heavy atom. The predicted molar refractivity (Wildman–Crippen MR) is 72.9 cm³/mol. The first-order valence-electron chi connectivity index (χ1n) is 6.50. The Kier molecular flexibility index (Phi) is 4.72. The normalized spacial score (nSPS) is 18.6. The van der Waals surface area contributed by atoms with Gasteiger partial charge in [0.1, 0.15) is 12.4 Å². The number of amides is 1. The van der Waals surface area contributed by atoms with Crippen molar-refractivity contribution in [2.24, 2.45) is 11.7 Å². The molecule has 1 aliphatic rings. The Balaban J connectivity index is 2.11. The molecular weight excluding hydrogens is 259 g/mol. The van der Waals surface area contributed by atoms with Gasteiger partial charge in [-0.25, -0.2) is 4.39 Å². The number of aliphatic hydroxyl groups excluding tert-OH is 1. The summed E-state index contributed by atoms with van der Waals surface area (Å²) in [6.45, 7) is 1.75. The number of carbonyl (C=O) groups excluding carboxylic acids is 1. The van der Waals surface area contributed by atoms with Crippen LogP contribution in [0.4, 0.5) is 4.39 Å². The highest BCUT2D eigenvalue weighted by Crippen LogP contribution is 2.20. The molecule has 1 fully saturated rings. The number of carbonyl (C=O) groups is 1. The maximum absolute atomic E-state index is 13.3. The summed E-state index contributed by atoms with van der Waals surface area (Å²) in [5, 5.41) is 8.74. The zero-order chi connectivity index (χ0) is 14.5. The van der Waals surface area contributed by atoms with Gasteiger partial charge in [-0.15, -0.1) is 0 Å². The third kappa shape index (κ3) is 3.56. The van der Waals surface area contributed by atoms with Crippen LogP contribution in [0.3, 0.4) is 0 Å². The van der Waals surface area contributed by atoms with Gasteiger partial charge in [0.05, 0.1) is 5.92 Å². The molecule has 0 aromatic heterocycles. The lowest BCUT2D eigenvalue weighted by atomic mass is 10.1. The fourth-order valence-corrected chi connectivity index (χ4v) is 2.39. The molecule has 1 saturated heterocycles. The molecule has 1 aromatic rings. The monoisotopic (exact) mass is 276 g/mol. The van der Waals surface area contributed by atoms with Crippen LogP contribution in [-0.4, -0.2) is 35.6 Å².